The lowest BCUT2D eigenvalue weighted by Gasteiger charge is -2.25. The first kappa shape index (κ1) is 14.3. The molecule has 1 aliphatic heterocycles. The summed E-state index contributed by atoms with van der Waals surface area (Å²) in [7, 11) is -3.05. The minimum absolute atomic E-state index is 0.137. The Kier molecular flexibility index (Phi) is 4.67. The molecule has 2 fully saturated rings. The van der Waals surface area contributed by atoms with Crippen molar-refractivity contribution in [3.8, 4) is 0 Å². The van der Waals surface area contributed by atoms with Gasteiger partial charge in [-0.05, 0) is 39.2 Å². The molecule has 106 valence electrons. The van der Waals surface area contributed by atoms with Crippen LogP contribution in [0.3, 0.4) is 0 Å². The van der Waals surface area contributed by atoms with E-state index in [9.17, 15) is 8.42 Å². The van der Waals surface area contributed by atoms with Crippen molar-refractivity contribution in [1.29, 1.82) is 0 Å². The number of hydrogen-bond donors (Lipinski definition) is 1. The molecule has 1 saturated carbocycles. The highest BCUT2D eigenvalue weighted by Crippen LogP contribution is 2.32. The standard InChI is InChI=1S/C13H25NO3S/c1-3-8-14-11-5-4-6-13(11)18(15,16)12-7-9-17-10(12)2/h10-14H,3-9H2,1-2H3. The zero-order valence-corrected chi connectivity index (χ0v) is 12.2. The maximum Gasteiger partial charge on any atom is 0.160 e. The summed E-state index contributed by atoms with van der Waals surface area (Å²) in [5, 5.41) is 2.92. The fourth-order valence-corrected chi connectivity index (χ4v) is 5.92. The van der Waals surface area contributed by atoms with Gasteiger partial charge >= 0.3 is 0 Å². The van der Waals surface area contributed by atoms with E-state index in [1.807, 2.05) is 6.92 Å². The quantitative estimate of drug-likeness (QED) is 0.826. The van der Waals surface area contributed by atoms with Gasteiger partial charge in [-0.1, -0.05) is 13.3 Å². The van der Waals surface area contributed by atoms with Crippen LogP contribution in [0.5, 0.6) is 0 Å². The summed E-state index contributed by atoms with van der Waals surface area (Å²) in [5.41, 5.74) is 0. The fraction of sp³-hybridized carbons (Fsp3) is 1.00. The third-order valence-electron chi connectivity index (χ3n) is 4.26. The Bertz CT molecular complexity index is 368. The van der Waals surface area contributed by atoms with Crippen molar-refractivity contribution in [2.75, 3.05) is 13.2 Å². The van der Waals surface area contributed by atoms with Crippen molar-refractivity contribution in [2.45, 2.75) is 68.6 Å². The van der Waals surface area contributed by atoms with Gasteiger partial charge in [-0.2, -0.15) is 0 Å². The summed E-state index contributed by atoms with van der Waals surface area (Å²) in [6.07, 6.45) is 4.40. The lowest BCUT2D eigenvalue weighted by Crippen LogP contribution is -2.45. The molecule has 4 nitrogen and oxygen atoms in total. The highest BCUT2D eigenvalue weighted by Gasteiger charge is 2.45. The predicted molar refractivity (Wildman–Crippen MR) is 72.5 cm³/mol. The van der Waals surface area contributed by atoms with Gasteiger partial charge in [0.15, 0.2) is 9.84 Å². The van der Waals surface area contributed by atoms with Gasteiger partial charge in [0.25, 0.3) is 0 Å². The Hall–Kier alpha value is -0.130. The molecule has 1 N–H and O–H groups in total. The molecule has 2 aliphatic rings. The molecule has 4 atom stereocenters. The van der Waals surface area contributed by atoms with Crippen LogP contribution in [0.15, 0.2) is 0 Å². The first-order valence-electron chi connectivity index (χ1n) is 7.15. The average Bonchev–Trinajstić information content (AvgIpc) is 2.94. The van der Waals surface area contributed by atoms with Crippen molar-refractivity contribution in [3.63, 3.8) is 0 Å². The topological polar surface area (TPSA) is 55.4 Å². The minimum Gasteiger partial charge on any atom is -0.377 e. The van der Waals surface area contributed by atoms with Gasteiger partial charge in [0.05, 0.1) is 16.6 Å². The average molecular weight is 275 g/mol. The highest BCUT2D eigenvalue weighted by atomic mass is 32.2. The summed E-state index contributed by atoms with van der Waals surface area (Å²) in [4.78, 5) is 0. The van der Waals surface area contributed by atoms with Gasteiger partial charge in [0.2, 0.25) is 0 Å². The number of sulfone groups is 1. The molecule has 4 unspecified atom stereocenters. The van der Waals surface area contributed by atoms with Gasteiger partial charge in [0, 0.05) is 12.6 Å². The minimum atomic E-state index is -3.05. The number of ether oxygens (including phenoxy) is 1. The fourth-order valence-electron chi connectivity index (χ4n) is 3.25. The highest BCUT2D eigenvalue weighted by molar-refractivity contribution is 7.92. The molecular formula is C13H25NO3S. The lowest BCUT2D eigenvalue weighted by molar-refractivity contribution is 0.126. The number of nitrogens with one attached hydrogen (secondary N) is 1. The Balaban J connectivity index is 2.08. The summed E-state index contributed by atoms with van der Waals surface area (Å²) in [6, 6.07) is 0.155. The predicted octanol–water partition coefficient (Wildman–Crippen LogP) is 1.50. The molecule has 2 rings (SSSR count). The molecule has 0 bridgehead atoms. The van der Waals surface area contributed by atoms with Crippen LogP contribution in [-0.4, -0.2) is 44.2 Å². The summed E-state index contributed by atoms with van der Waals surface area (Å²) in [6.45, 7) is 5.50. The van der Waals surface area contributed by atoms with Crippen LogP contribution >= 0.6 is 0 Å². The van der Waals surface area contributed by atoms with E-state index in [0.29, 0.717) is 13.0 Å². The molecule has 0 aromatic rings. The van der Waals surface area contributed by atoms with Crippen molar-refractivity contribution in [2.24, 2.45) is 0 Å². The molecule has 0 aromatic heterocycles. The van der Waals surface area contributed by atoms with E-state index < -0.39 is 9.84 Å². The van der Waals surface area contributed by atoms with Crippen LogP contribution < -0.4 is 5.32 Å². The van der Waals surface area contributed by atoms with E-state index in [-0.39, 0.29) is 22.6 Å². The molecule has 0 amide bonds. The van der Waals surface area contributed by atoms with Crippen LogP contribution in [0, 0.1) is 0 Å². The van der Waals surface area contributed by atoms with Crippen LogP contribution in [0.25, 0.3) is 0 Å². The zero-order chi connectivity index (χ0) is 13.2. The molecule has 1 heterocycles. The van der Waals surface area contributed by atoms with Crippen LogP contribution in [0.1, 0.15) is 46.0 Å². The second-order valence-electron chi connectivity index (χ2n) is 5.52. The third-order valence-corrected chi connectivity index (χ3v) is 7.13. The van der Waals surface area contributed by atoms with E-state index in [2.05, 4.69) is 12.2 Å². The summed E-state index contributed by atoms with van der Waals surface area (Å²) in [5.74, 6) is 0. The van der Waals surface area contributed by atoms with Gasteiger partial charge in [-0.25, -0.2) is 8.42 Å². The largest absolute Gasteiger partial charge is 0.377 e. The molecule has 0 aromatic carbocycles. The molecule has 0 radical (unpaired) electrons. The molecule has 18 heavy (non-hydrogen) atoms. The van der Waals surface area contributed by atoms with Gasteiger partial charge in [-0.15, -0.1) is 0 Å². The van der Waals surface area contributed by atoms with E-state index in [1.165, 1.54) is 0 Å². The Labute approximate surface area is 110 Å². The van der Waals surface area contributed by atoms with E-state index in [0.717, 1.165) is 32.2 Å². The van der Waals surface area contributed by atoms with Gasteiger partial charge < -0.3 is 10.1 Å². The van der Waals surface area contributed by atoms with Crippen molar-refractivity contribution in [1.82, 2.24) is 5.32 Å². The maximum absolute atomic E-state index is 12.7. The van der Waals surface area contributed by atoms with Crippen molar-refractivity contribution < 1.29 is 13.2 Å². The smallest absolute Gasteiger partial charge is 0.160 e. The molecular weight excluding hydrogens is 250 g/mol. The van der Waals surface area contributed by atoms with E-state index in [1.54, 1.807) is 0 Å². The monoisotopic (exact) mass is 275 g/mol. The first-order chi connectivity index (χ1) is 8.57. The van der Waals surface area contributed by atoms with Gasteiger partial charge in [0.1, 0.15) is 0 Å². The Morgan fingerprint density at radius 2 is 2.00 bits per heavy atom. The van der Waals surface area contributed by atoms with Crippen LogP contribution in [0.4, 0.5) is 0 Å². The molecule has 1 saturated heterocycles. The van der Waals surface area contributed by atoms with Crippen LogP contribution in [0.2, 0.25) is 0 Å². The van der Waals surface area contributed by atoms with Gasteiger partial charge in [-0.3, -0.25) is 0 Å². The zero-order valence-electron chi connectivity index (χ0n) is 11.4. The van der Waals surface area contributed by atoms with Crippen LogP contribution in [-0.2, 0) is 14.6 Å². The summed E-state index contributed by atoms with van der Waals surface area (Å²) >= 11 is 0. The first-order valence-corrected chi connectivity index (χ1v) is 8.76. The molecule has 5 heteroatoms. The number of hydrogen-bond acceptors (Lipinski definition) is 4. The van der Waals surface area contributed by atoms with E-state index >= 15 is 0 Å². The van der Waals surface area contributed by atoms with E-state index in [4.69, 9.17) is 4.74 Å². The SMILES string of the molecule is CCCNC1CCCC1S(=O)(=O)C1CCOC1C. The molecule has 1 aliphatic carbocycles. The Morgan fingerprint density at radius 1 is 1.22 bits per heavy atom. The maximum atomic E-state index is 12.7. The lowest BCUT2D eigenvalue weighted by atomic mass is 10.2. The number of rotatable bonds is 5. The third kappa shape index (κ3) is 2.73. The second-order valence-corrected chi connectivity index (χ2v) is 7.91. The molecule has 0 spiro atoms. The normalized spacial score (nSPS) is 37.2. The summed E-state index contributed by atoms with van der Waals surface area (Å²) < 4.78 is 30.8. The second kappa shape index (κ2) is 5.88. The van der Waals surface area contributed by atoms with Crippen molar-refractivity contribution in [3.05, 3.63) is 0 Å². The van der Waals surface area contributed by atoms with Crippen molar-refractivity contribution >= 4 is 9.84 Å². The Morgan fingerprint density at radius 3 is 2.61 bits per heavy atom.